The molecule has 0 radical (unpaired) electrons. The Balaban J connectivity index is 2.25. The largest absolute Gasteiger partial charge is 0.326 e. The molecule has 2 rings (SSSR count). The van der Waals surface area contributed by atoms with Gasteiger partial charge in [0.15, 0.2) is 0 Å². The van der Waals surface area contributed by atoms with E-state index in [0.717, 1.165) is 22.4 Å². The Labute approximate surface area is 119 Å². The van der Waals surface area contributed by atoms with Crippen LogP contribution in [0.3, 0.4) is 0 Å². The van der Waals surface area contributed by atoms with Crippen molar-refractivity contribution in [1.29, 1.82) is 0 Å². The number of nitrogens with zero attached hydrogens (tertiary/aromatic N) is 1. The van der Waals surface area contributed by atoms with Crippen molar-refractivity contribution in [1.82, 2.24) is 4.98 Å². The smallest absolute Gasteiger partial charge is 0.274 e. The summed E-state index contributed by atoms with van der Waals surface area (Å²) in [6, 6.07) is 7.56. The molecule has 3 N–H and O–H groups in total. The summed E-state index contributed by atoms with van der Waals surface area (Å²) >= 11 is 0. The van der Waals surface area contributed by atoms with Gasteiger partial charge in [0.05, 0.1) is 0 Å². The number of nitrogens with one attached hydrogen (secondary N) is 1. The molecule has 4 nitrogen and oxygen atoms in total. The standard InChI is InChI=1S/C16H19N3O/c1-10-6-12(3)14(7-11(10)2)19-16(20)15-8-13(9-17)4-5-18-15/h4-8H,9,17H2,1-3H3,(H,19,20). The van der Waals surface area contributed by atoms with E-state index in [4.69, 9.17) is 5.73 Å². The number of carbonyl (C=O) groups excluding carboxylic acids is 1. The molecule has 20 heavy (non-hydrogen) atoms. The van der Waals surface area contributed by atoms with Crippen molar-refractivity contribution < 1.29 is 4.79 Å². The lowest BCUT2D eigenvalue weighted by Crippen LogP contribution is -2.15. The van der Waals surface area contributed by atoms with E-state index >= 15 is 0 Å². The lowest BCUT2D eigenvalue weighted by atomic mass is 10.0. The zero-order valence-electron chi connectivity index (χ0n) is 12.0. The molecular formula is C16H19N3O. The first kappa shape index (κ1) is 14.2. The van der Waals surface area contributed by atoms with Gasteiger partial charge in [-0.15, -0.1) is 0 Å². The molecule has 0 aliphatic carbocycles. The van der Waals surface area contributed by atoms with Crippen LogP contribution in [0.15, 0.2) is 30.5 Å². The first-order valence-corrected chi connectivity index (χ1v) is 6.55. The highest BCUT2D eigenvalue weighted by molar-refractivity contribution is 6.03. The lowest BCUT2D eigenvalue weighted by Gasteiger charge is -2.11. The number of pyridine rings is 1. The average Bonchev–Trinajstić information content (AvgIpc) is 2.44. The number of benzene rings is 1. The fourth-order valence-corrected chi connectivity index (χ4v) is 2.01. The number of amides is 1. The third kappa shape index (κ3) is 3.03. The summed E-state index contributed by atoms with van der Waals surface area (Å²) in [6.45, 7) is 6.45. The quantitative estimate of drug-likeness (QED) is 0.900. The van der Waals surface area contributed by atoms with Crippen LogP contribution in [0.4, 0.5) is 5.69 Å². The summed E-state index contributed by atoms with van der Waals surface area (Å²) in [5.41, 5.74) is 11.1. The molecule has 0 aliphatic rings. The Morgan fingerprint density at radius 1 is 1.15 bits per heavy atom. The highest BCUT2D eigenvalue weighted by Gasteiger charge is 2.10. The van der Waals surface area contributed by atoms with Crippen LogP contribution in [0.1, 0.15) is 32.7 Å². The minimum atomic E-state index is -0.216. The Morgan fingerprint density at radius 2 is 1.85 bits per heavy atom. The second-order valence-corrected chi connectivity index (χ2v) is 4.96. The molecule has 0 bridgehead atoms. The molecule has 0 saturated heterocycles. The summed E-state index contributed by atoms with van der Waals surface area (Å²) in [4.78, 5) is 16.3. The molecule has 0 atom stereocenters. The number of nitrogens with two attached hydrogens (primary N) is 1. The van der Waals surface area contributed by atoms with Gasteiger partial charge in [-0.2, -0.15) is 0 Å². The molecular weight excluding hydrogens is 250 g/mol. The predicted molar refractivity (Wildman–Crippen MR) is 80.7 cm³/mol. The van der Waals surface area contributed by atoms with Gasteiger partial charge in [0, 0.05) is 18.4 Å². The van der Waals surface area contributed by atoms with Crippen molar-refractivity contribution in [2.75, 3.05) is 5.32 Å². The first-order valence-electron chi connectivity index (χ1n) is 6.55. The van der Waals surface area contributed by atoms with Crippen LogP contribution >= 0.6 is 0 Å². The van der Waals surface area contributed by atoms with Crippen LogP contribution in [-0.4, -0.2) is 10.9 Å². The van der Waals surface area contributed by atoms with Crippen LogP contribution in [0.25, 0.3) is 0 Å². The van der Waals surface area contributed by atoms with Crippen molar-refractivity contribution >= 4 is 11.6 Å². The molecule has 1 heterocycles. The average molecular weight is 269 g/mol. The maximum Gasteiger partial charge on any atom is 0.274 e. The van der Waals surface area contributed by atoms with Gasteiger partial charge < -0.3 is 11.1 Å². The van der Waals surface area contributed by atoms with Gasteiger partial charge >= 0.3 is 0 Å². The molecule has 0 saturated carbocycles. The minimum absolute atomic E-state index is 0.216. The van der Waals surface area contributed by atoms with Gasteiger partial charge in [-0.3, -0.25) is 9.78 Å². The number of hydrogen-bond donors (Lipinski definition) is 2. The Morgan fingerprint density at radius 3 is 2.55 bits per heavy atom. The zero-order valence-corrected chi connectivity index (χ0v) is 12.0. The number of carbonyl (C=O) groups is 1. The van der Waals surface area contributed by atoms with Crippen molar-refractivity contribution in [3.8, 4) is 0 Å². The predicted octanol–water partition coefficient (Wildman–Crippen LogP) is 2.72. The van der Waals surface area contributed by atoms with E-state index in [9.17, 15) is 4.79 Å². The minimum Gasteiger partial charge on any atom is -0.326 e. The number of anilines is 1. The van der Waals surface area contributed by atoms with E-state index in [2.05, 4.69) is 23.3 Å². The summed E-state index contributed by atoms with van der Waals surface area (Å²) < 4.78 is 0. The first-order chi connectivity index (χ1) is 9.51. The Hall–Kier alpha value is -2.20. The molecule has 2 aromatic rings. The monoisotopic (exact) mass is 269 g/mol. The molecule has 0 spiro atoms. The van der Waals surface area contributed by atoms with Gasteiger partial charge in [-0.25, -0.2) is 0 Å². The van der Waals surface area contributed by atoms with Crippen LogP contribution in [0.2, 0.25) is 0 Å². The normalized spacial score (nSPS) is 10.4. The number of aromatic nitrogens is 1. The van der Waals surface area contributed by atoms with Gasteiger partial charge in [0.1, 0.15) is 5.69 Å². The number of aryl methyl sites for hydroxylation is 3. The summed E-state index contributed by atoms with van der Waals surface area (Å²) in [5, 5.41) is 2.90. The summed E-state index contributed by atoms with van der Waals surface area (Å²) in [5.74, 6) is -0.216. The molecule has 0 unspecified atom stereocenters. The van der Waals surface area contributed by atoms with Crippen LogP contribution in [0, 0.1) is 20.8 Å². The molecule has 1 aromatic heterocycles. The lowest BCUT2D eigenvalue weighted by molar-refractivity contribution is 0.102. The number of rotatable bonds is 3. The van der Waals surface area contributed by atoms with Crippen LogP contribution < -0.4 is 11.1 Å². The van der Waals surface area contributed by atoms with Crippen molar-refractivity contribution in [3.05, 3.63) is 58.4 Å². The SMILES string of the molecule is Cc1cc(C)c(NC(=O)c2cc(CN)ccn2)cc1C. The van der Waals surface area contributed by atoms with Gasteiger partial charge in [0.2, 0.25) is 0 Å². The van der Waals surface area contributed by atoms with Crippen LogP contribution in [0.5, 0.6) is 0 Å². The maximum absolute atomic E-state index is 12.2. The second-order valence-electron chi connectivity index (χ2n) is 4.96. The van der Waals surface area contributed by atoms with Crippen molar-refractivity contribution in [2.24, 2.45) is 5.73 Å². The van der Waals surface area contributed by atoms with Gasteiger partial charge in [-0.05, 0) is 61.2 Å². The fraction of sp³-hybridized carbons (Fsp3) is 0.250. The molecule has 1 aromatic carbocycles. The van der Waals surface area contributed by atoms with Gasteiger partial charge in [-0.1, -0.05) is 6.07 Å². The fourth-order valence-electron chi connectivity index (χ4n) is 2.01. The van der Waals surface area contributed by atoms with E-state index in [0.29, 0.717) is 12.2 Å². The molecule has 1 amide bonds. The maximum atomic E-state index is 12.2. The third-order valence-corrected chi connectivity index (χ3v) is 3.38. The van der Waals surface area contributed by atoms with E-state index in [1.807, 2.05) is 19.9 Å². The van der Waals surface area contributed by atoms with E-state index < -0.39 is 0 Å². The highest BCUT2D eigenvalue weighted by atomic mass is 16.1. The summed E-state index contributed by atoms with van der Waals surface area (Å²) in [6.07, 6.45) is 1.60. The van der Waals surface area contributed by atoms with Gasteiger partial charge in [0.25, 0.3) is 5.91 Å². The van der Waals surface area contributed by atoms with Crippen molar-refractivity contribution in [3.63, 3.8) is 0 Å². The third-order valence-electron chi connectivity index (χ3n) is 3.38. The number of hydrogen-bond acceptors (Lipinski definition) is 3. The van der Waals surface area contributed by atoms with E-state index in [1.165, 1.54) is 5.56 Å². The molecule has 4 heteroatoms. The van der Waals surface area contributed by atoms with E-state index in [1.54, 1.807) is 18.3 Å². The second kappa shape index (κ2) is 5.84. The van der Waals surface area contributed by atoms with Crippen LogP contribution in [-0.2, 0) is 6.54 Å². The van der Waals surface area contributed by atoms with Crippen molar-refractivity contribution in [2.45, 2.75) is 27.3 Å². The van der Waals surface area contributed by atoms with E-state index in [-0.39, 0.29) is 5.91 Å². The summed E-state index contributed by atoms with van der Waals surface area (Å²) in [7, 11) is 0. The topological polar surface area (TPSA) is 68.0 Å². The zero-order chi connectivity index (χ0) is 14.7. The molecule has 0 aliphatic heterocycles. The molecule has 0 fully saturated rings. The Kier molecular flexibility index (Phi) is 4.15. The Bertz CT molecular complexity index is 650. The molecule has 104 valence electrons. The highest BCUT2D eigenvalue weighted by Crippen LogP contribution is 2.20.